The first kappa shape index (κ1) is 26.8. The summed E-state index contributed by atoms with van der Waals surface area (Å²) in [5.41, 5.74) is 0.411. The van der Waals surface area contributed by atoms with E-state index in [-0.39, 0.29) is 29.9 Å². The Morgan fingerprint density at radius 1 is 1.00 bits per heavy atom. The van der Waals surface area contributed by atoms with Crippen molar-refractivity contribution in [3.8, 4) is 17.2 Å². The van der Waals surface area contributed by atoms with Gasteiger partial charge in [-0.25, -0.2) is 4.79 Å². The second-order valence-corrected chi connectivity index (χ2v) is 8.85. The number of halogens is 1. The van der Waals surface area contributed by atoms with Crippen LogP contribution < -0.4 is 38.2 Å². The lowest BCUT2D eigenvalue weighted by molar-refractivity contribution is -0.870. The minimum absolute atomic E-state index is 0. The van der Waals surface area contributed by atoms with Crippen molar-refractivity contribution in [2.45, 2.75) is 44.9 Å². The number of nitrogens with zero attached hydrogens (tertiary/aromatic N) is 1. The molecule has 1 aliphatic carbocycles. The van der Waals surface area contributed by atoms with Gasteiger partial charge in [-0.1, -0.05) is 25.7 Å². The highest BCUT2D eigenvalue weighted by Gasteiger charge is 2.20. The quantitative estimate of drug-likeness (QED) is 0.175. The molecule has 6 nitrogen and oxygen atoms in total. The summed E-state index contributed by atoms with van der Waals surface area (Å²) in [6, 6.07) is 3.34. The molecule has 7 heteroatoms. The number of rotatable bonds is 12. The first-order valence-corrected chi connectivity index (χ1v) is 10.7. The van der Waals surface area contributed by atoms with E-state index in [1.807, 2.05) is 0 Å². The van der Waals surface area contributed by atoms with Gasteiger partial charge in [0.05, 0.1) is 60.7 Å². The first-order chi connectivity index (χ1) is 13.8. The zero-order chi connectivity index (χ0) is 21.3. The zero-order valence-corrected chi connectivity index (χ0v) is 21.3. The van der Waals surface area contributed by atoms with Crippen LogP contribution in [0.15, 0.2) is 12.1 Å². The van der Waals surface area contributed by atoms with Gasteiger partial charge >= 0.3 is 5.97 Å². The van der Waals surface area contributed by atoms with E-state index in [0.717, 1.165) is 36.2 Å². The van der Waals surface area contributed by atoms with E-state index < -0.39 is 0 Å². The molecule has 172 valence electrons. The Morgan fingerprint density at radius 3 is 2.13 bits per heavy atom. The predicted octanol–water partition coefficient (Wildman–Crippen LogP) is 1.31. The van der Waals surface area contributed by atoms with Crippen LogP contribution in [-0.2, 0) is 4.74 Å². The fraction of sp³-hybridized carbons (Fsp3) is 0.696. The van der Waals surface area contributed by atoms with E-state index in [2.05, 4.69) is 21.1 Å². The molecule has 1 fully saturated rings. The summed E-state index contributed by atoms with van der Waals surface area (Å²) in [5, 5.41) is 0. The highest BCUT2D eigenvalue weighted by Crippen LogP contribution is 2.39. The lowest BCUT2D eigenvalue weighted by Crippen LogP contribution is -3.00. The summed E-state index contributed by atoms with van der Waals surface area (Å²) >= 11 is 0. The Kier molecular flexibility index (Phi) is 11.8. The van der Waals surface area contributed by atoms with Crippen LogP contribution in [0.25, 0.3) is 0 Å². The monoisotopic (exact) mass is 535 g/mol. The van der Waals surface area contributed by atoms with Crippen molar-refractivity contribution in [3.05, 3.63) is 17.7 Å². The number of unbranched alkanes of at least 4 members (excludes halogenated alkanes) is 1. The number of esters is 1. The first-order valence-electron chi connectivity index (χ1n) is 10.7. The Morgan fingerprint density at radius 2 is 1.60 bits per heavy atom. The van der Waals surface area contributed by atoms with Crippen LogP contribution in [-0.4, -0.2) is 65.6 Å². The van der Waals surface area contributed by atoms with Gasteiger partial charge < -0.3 is 47.4 Å². The number of ether oxygens (including phenoxy) is 4. The number of benzene rings is 1. The van der Waals surface area contributed by atoms with Crippen molar-refractivity contribution in [2.24, 2.45) is 5.92 Å². The molecule has 1 saturated carbocycles. The normalized spacial score (nSPS) is 14.2. The third kappa shape index (κ3) is 8.88. The Labute approximate surface area is 198 Å². The summed E-state index contributed by atoms with van der Waals surface area (Å²) in [6.45, 7) is 2.07. The maximum Gasteiger partial charge on any atom is 0.338 e. The maximum atomic E-state index is 12.5. The largest absolute Gasteiger partial charge is 1.00 e. The Hall–Kier alpha value is -1.22. The summed E-state index contributed by atoms with van der Waals surface area (Å²) < 4.78 is 23.3. The van der Waals surface area contributed by atoms with Crippen molar-refractivity contribution in [1.29, 1.82) is 0 Å². The standard InChI is InChI=1S/C23H38NO5.HI/c1-24(2,3)13-8-9-14-29-23(25)19-16-20(26-4)22(21(17-19)27-5)28-15-12-18-10-6-7-11-18;/h16-18H,6-15H2,1-5H3;1H/q+1;/p-1. The van der Waals surface area contributed by atoms with Gasteiger partial charge in [-0.2, -0.15) is 0 Å². The van der Waals surface area contributed by atoms with Crippen molar-refractivity contribution >= 4 is 5.97 Å². The molecule has 0 amide bonds. The third-order valence-corrected chi connectivity index (χ3v) is 5.40. The van der Waals surface area contributed by atoms with E-state index in [1.54, 1.807) is 26.4 Å². The van der Waals surface area contributed by atoms with Gasteiger partial charge in [0, 0.05) is 0 Å². The Balaban J connectivity index is 0.00000450. The lowest BCUT2D eigenvalue weighted by Gasteiger charge is -2.23. The van der Waals surface area contributed by atoms with Crippen LogP contribution in [0.3, 0.4) is 0 Å². The highest BCUT2D eigenvalue weighted by molar-refractivity contribution is 5.91. The van der Waals surface area contributed by atoms with Crippen LogP contribution in [0, 0.1) is 5.92 Å². The van der Waals surface area contributed by atoms with Crippen LogP contribution in [0.5, 0.6) is 17.2 Å². The molecule has 0 saturated heterocycles. The summed E-state index contributed by atoms with van der Waals surface area (Å²) in [5.74, 6) is 1.91. The van der Waals surface area contributed by atoms with E-state index in [0.29, 0.717) is 36.0 Å². The smallest absolute Gasteiger partial charge is 0.338 e. The molecular formula is C23H38INO5. The molecule has 0 atom stereocenters. The van der Waals surface area contributed by atoms with Gasteiger partial charge in [-0.15, -0.1) is 0 Å². The van der Waals surface area contributed by atoms with Crippen molar-refractivity contribution < 1.29 is 52.2 Å². The van der Waals surface area contributed by atoms with Crippen LogP contribution >= 0.6 is 0 Å². The molecule has 0 aromatic heterocycles. The second kappa shape index (κ2) is 13.2. The third-order valence-electron chi connectivity index (χ3n) is 5.40. The molecule has 0 N–H and O–H groups in total. The molecule has 0 unspecified atom stereocenters. The predicted molar refractivity (Wildman–Crippen MR) is 114 cm³/mol. The zero-order valence-electron chi connectivity index (χ0n) is 19.2. The molecule has 30 heavy (non-hydrogen) atoms. The molecule has 1 aromatic rings. The fourth-order valence-electron chi connectivity index (χ4n) is 3.70. The van der Waals surface area contributed by atoms with E-state index in [9.17, 15) is 4.79 Å². The van der Waals surface area contributed by atoms with E-state index in [1.165, 1.54) is 25.7 Å². The van der Waals surface area contributed by atoms with Crippen molar-refractivity contribution in [3.63, 3.8) is 0 Å². The molecule has 2 rings (SSSR count). The molecule has 0 spiro atoms. The average Bonchev–Trinajstić information content (AvgIpc) is 3.19. The number of quaternary nitrogens is 1. The number of hydrogen-bond acceptors (Lipinski definition) is 5. The van der Waals surface area contributed by atoms with Crippen molar-refractivity contribution in [2.75, 3.05) is 55.1 Å². The molecule has 1 aliphatic rings. The maximum absolute atomic E-state index is 12.5. The van der Waals surface area contributed by atoms with Gasteiger partial charge in [0.25, 0.3) is 0 Å². The van der Waals surface area contributed by atoms with Gasteiger partial charge in [-0.3, -0.25) is 0 Å². The van der Waals surface area contributed by atoms with Crippen LogP contribution in [0.1, 0.15) is 55.3 Å². The molecular weight excluding hydrogens is 497 g/mol. The second-order valence-electron chi connectivity index (χ2n) is 8.85. The number of carbonyl (C=O) groups is 1. The van der Waals surface area contributed by atoms with Gasteiger partial charge in [-0.05, 0) is 37.3 Å². The van der Waals surface area contributed by atoms with E-state index in [4.69, 9.17) is 18.9 Å². The Bertz CT molecular complexity index is 628. The summed E-state index contributed by atoms with van der Waals surface area (Å²) in [7, 11) is 9.60. The minimum Gasteiger partial charge on any atom is -1.00 e. The SMILES string of the molecule is COc1cc(C(=O)OCCCC[N+](C)(C)C)cc(OC)c1OCCC1CCCC1.[I-]. The number of hydrogen-bond donors (Lipinski definition) is 0. The molecule has 0 bridgehead atoms. The van der Waals surface area contributed by atoms with E-state index >= 15 is 0 Å². The van der Waals surface area contributed by atoms with Crippen molar-refractivity contribution in [1.82, 2.24) is 0 Å². The minimum atomic E-state index is -0.371. The van der Waals surface area contributed by atoms with Gasteiger partial charge in [0.15, 0.2) is 11.5 Å². The molecule has 0 heterocycles. The van der Waals surface area contributed by atoms with Gasteiger partial charge in [0.1, 0.15) is 0 Å². The fourth-order valence-corrected chi connectivity index (χ4v) is 3.70. The van der Waals surface area contributed by atoms with Crippen LogP contribution in [0.2, 0.25) is 0 Å². The number of carbonyl (C=O) groups excluding carboxylic acids is 1. The summed E-state index contributed by atoms with van der Waals surface area (Å²) in [6.07, 6.45) is 8.11. The highest BCUT2D eigenvalue weighted by atomic mass is 127. The average molecular weight is 535 g/mol. The lowest BCUT2D eigenvalue weighted by atomic mass is 10.1. The van der Waals surface area contributed by atoms with Crippen LogP contribution in [0.4, 0.5) is 0 Å². The molecule has 0 radical (unpaired) electrons. The topological polar surface area (TPSA) is 54.0 Å². The molecule has 1 aromatic carbocycles. The molecule has 0 aliphatic heterocycles. The summed E-state index contributed by atoms with van der Waals surface area (Å²) in [4.78, 5) is 12.5. The number of methoxy groups -OCH3 is 2. The van der Waals surface area contributed by atoms with Gasteiger partial charge in [0.2, 0.25) is 5.75 Å².